The Kier molecular flexibility index (Phi) is 2.02. The fourth-order valence-electron chi connectivity index (χ4n) is 1.60. The van der Waals surface area contributed by atoms with Crippen molar-refractivity contribution in [1.29, 1.82) is 0 Å². The molecule has 1 fully saturated rings. The first-order valence-electron chi connectivity index (χ1n) is 4.91. The van der Waals surface area contributed by atoms with Gasteiger partial charge in [-0.15, -0.1) is 0 Å². The molecule has 3 nitrogen and oxygen atoms in total. The van der Waals surface area contributed by atoms with Gasteiger partial charge in [-0.05, 0) is 25.2 Å². The first-order valence-corrected chi connectivity index (χ1v) is 4.91. The Balaban J connectivity index is 1.90. The summed E-state index contributed by atoms with van der Waals surface area (Å²) in [4.78, 5) is 0. The Labute approximate surface area is 79.1 Å². The van der Waals surface area contributed by atoms with Gasteiger partial charge in [-0.2, -0.15) is 5.10 Å². The van der Waals surface area contributed by atoms with E-state index in [2.05, 4.69) is 24.3 Å². The van der Waals surface area contributed by atoms with Gasteiger partial charge >= 0.3 is 0 Å². The second-order valence-electron chi connectivity index (χ2n) is 4.12. The second-order valence-corrected chi connectivity index (χ2v) is 4.12. The van der Waals surface area contributed by atoms with Gasteiger partial charge in [0.25, 0.3) is 0 Å². The molecule has 0 aromatic carbocycles. The van der Waals surface area contributed by atoms with E-state index in [1.165, 1.54) is 17.8 Å². The van der Waals surface area contributed by atoms with Crippen molar-refractivity contribution in [3.8, 4) is 0 Å². The summed E-state index contributed by atoms with van der Waals surface area (Å²) in [7, 11) is 1.97. The highest BCUT2D eigenvalue weighted by atomic mass is 15.3. The molecule has 13 heavy (non-hydrogen) atoms. The normalized spacial score (nSPS) is 26.1. The van der Waals surface area contributed by atoms with E-state index in [1.807, 2.05) is 17.9 Å². The van der Waals surface area contributed by atoms with Gasteiger partial charge < -0.3 is 5.32 Å². The first-order chi connectivity index (χ1) is 6.18. The van der Waals surface area contributed by atoms with Crippen LogP contribution in [0, 0.1) is 18.8 Å². The van der Waals surface area contributed by atoms with E-state index in [4.69, 9.17) is 0 Å². The molecular formula is C10H17N3. The van der Waals surface area contributed by atoms with Gasteiger partial charge in [-0.3, -0.25) is 4.68 Å². The van der Waals surface area contributed by atoms with Crippen LogP contribution < -0.4 is 5.32 Å². The summed E-state index contributed by atoms with van der Waals surface area (Å²) in [6.07, 6.45) is 3.29. The molecule has 3 heteroatoms. The topological polar surface area (TPSA) is 29.9 Å². The Bertz CT molecular complexity index is 303. The number of hydrogen-bond donors (Lipinski definition) is 1. The number of rotatable bonds is 3. The van der Waals surface area contributed by atoms with E-state index < -0.39 is 0 Å². The molecule has 1 aliphatic rings. The predicted octanol–water partition coefficient (Wildman–Crippen LogP) is 1.80. The largest absolute Gasteiger partial charge is 0.382 e. The lowest BCUT2D eigenvalue weighted by Crippen LogP contribution is -2.05. The van der Waals surface area contributed by atoms with Crippen LogP contribution in [0.4, 0.5) is 5.69 Å². The summed E-state index contributed by atoms with van der Waals surface area (Å²) in [6, 6.07) is 0. The van der Waals surface area contributed by atoms with Crippen molar-refractivity contribution in [2.24, 2.45) is 18.9 Å². The maximum absolute atomic E-state index is 4.19. The van der Waals surface area contributed by atoms with E-state index in [0.29, 0.717) is 0 Å². The first kappa shape index (κ1) is 8.60. The third kappa shape index (κ3) is 1.69. The molecule has 1 aliphatic carbocycles. The third-order valence-electron chi connectivity index (χ3n) is 3.07. The maximum atomic E-state index is 4.19. The van der Waals surface area contributed by atoms with Crippen molar-refractivity contribution in [2.75, 3.05) is 11.9 Å². The minimum absolute atomic E-state index is 0.889. The van der Waals surface area contributed by atoms with Crippen LogP contribution in [-0.2, 0) is 7.05 Å². The molecule has 2 unspecified atom stereocenters. The molecule has 0 saturated heterocycles. The van der Waals surface area contributed by atoms with Crippen molar-refractivity contribution < 1.29 is 0 Å². The molecule has 0 bridgehead atoms. The van der Waals surface area contributed by atoms with Crippen LogP contribution in [0.2, 0.25) is 0 Å². The van der Waals surface area contributed by atoms with Crippen molar-refractivity contribution >= 4 is 5.69 Å². The summed E-state index contributed by atoms with van der Waals surface area (Å²) in [6.45, 7) is 5.50. The smallest absolute Gasteiger partial charge is 0.0756 e. The highest BCUT2D eigenvalue weighted by Gasteiger charge is 2.31. The summed E-state index contributed by atoms with van der Waals surface area (Å²) < 4.78 is 1.90. The van der Waals surface area contributed by atoms with Gasteiger partial charge in [0.15, 0.2) is 0 Å². The zero-order valence-corrected chi connectivity index (χ0v) is 8.54. The Morgan fingerprint density at radius 3 is 2.85 bits per heavy atom. The van der Waals surface area contributed by atoms with Crippen LogP contribution in [0.25, 0.3) is 0 Å². The van der Waals surface area contributed by atoms with Crippen molar-refractivity contribution in [1.82, 2.24) is 9.78 Å². The van der Waals surface area contributed by atoms with Gasteiger partial charge in [-0.25, -0.2) is 0 Å². The summed E-state index contributed by atoms with van der Waals surface area (Å²) >= 11 is 0. The lowest BCUT2D eigenvalue weighted by Gasteiger charge is -2.03. The van der Waals surface area contributed by atoms with Gasteiger partial charge in [0.1, 0.15) is 0 Å². The number of nitrogens with one attached hydrogen (secondary N) is 1. The molecular weight excluding hydrogens is 162 g/mol. The molecule has 2 rings (SSSR count). The number of nitrogens with zero attached hydrogens (tertiary/aromatic N) is 2. The molecule has 1 N–H and O–H groups in total. The van der Waals surface area contributed by atoms with Crippen LogP contribution in [0.5, 0.6) is 0 Å². The number of aryl methyl sites for hydroxylation is 1. The van der Waals surface area contributed by atoms with Crippen molar-refractivity contribution in [3.05, 3.63) is 11.9 Å². The van der Waals surface area contributed by atoms with Crippen molar-refractivity contribution in [2.45, 2.75) is 20.3 Å². The number of aromatic nitrogens is 2. The quantitative estimate of drug-likeness (QED) is 0.766. The third-order valence-corrected chi connectivity index (χ3v) is 3.07. The molecule has 1 aromatic rings. The van der Waals surface area contributed by atoms with Gasteiger partial charge in [0, 0.05) is 13.6 Å². The molecule has 0 radical (unpaired) electrons. The zero-order chi connectivity index (χ0) is 9.42. The Morgan fingerprint density at radius 2 is 2.38 bits per heavy atom. The van der Waals surface area contributed by atoms with E-state index in [9.17, 15) is 0 Å². The van der Waals surface area contributed by atoms with Gasteiger partial charge in [0.05, 0.1) is 17.6 Å². The van der Waals surface area contributed by atoms with E-state index in [1.54, 1.807) is 0 Å². The van der Waals surface area contributed by atoms with Gasteiger partial charge in [0.2, 0.25) is 0 Å². The molecule has 0 spiro atoms. The monoisotopic (exact) mass is 179 g/mol. The van der Waals surface area contributed by atoms with Crippen LogP contribution in [-0.4, -0.2) is 16.3 Å². The summed E-state index contributed by atoms with van der Waals surface area (Å²) in [5.41, 5.74) is 2.40. The number of hydrogen-bond acceptors (Lipinski definition) is 2. The molecule has 0 amide bonds. The van der Waals surface area contributed by atoms with Crippen LogP contribution in [0.1, 0.15) is 19.0 Å². The zero-order valence-electron chi connectivity index (χ0n) is 8.54. The number of anilines is 1. The van der Waals surface area contributed by atoms with E-state index in [0.717, 1.165) is 18.4 Å². The Morgan fingerprint density at radius 1 is 1.69 bits per heavy atom. The minimum Gasteiger partial charge on any atom is -0.382 e. The molecule has 1 saturated carbocycles. The molecule has 0 aliphatic heterocycles. The maximum Gasteiger partial charge on any atom is 0.0756 e. The van der Waals surface area contributed by atoms with Crippen LogP contribution in [0.15, 0.2) is 6.20 Å². The molecule has 72 valence electrons. The van der Waals surface area contributed by atoms with E-state index >= 15 is 0 Å². The second kappa shape index (κ2) is 3.05. The van der Waals surface area contributed by atoms with Gasteiger partial charge in [-0.1, -0.05) is 6.92 Å². The highest BCUT2D eigenvalue weighted by molar-refractivity contribution is 5.45. The van der Waals surface area contributed by atoms with Crippen LogP contribution in [0.3, 0.4) is 0 Å². The standard InChI is InChI=1S/C10H17N3/c1-7-4-9(7)5-11-10-6-12-13(3)8(10)2/h6-7,9,11H,4-5H2,1-3H3. The van der Waals surface area contributed by atoms with Crippen molar-refractivity contribution in [3.63, 3.8) is 0 Å². The Hall–Kier alpha value is -0.990. The van der Waals surface area contributed by atoms with Crippen LogP contribution >= 0.6 is 0 Å². The molecule has 2 atom stereocenters. The van der Waals surface area contributed by atoms with E-state index in [-0.39, 0.29) is 0 Å². The molecule has 1 aromatic heterocycles. The lowest BCUT2D eigenvalue weighted by molar-refractivity contribution is 0.739. The predicted molar refractivity (Wildman–Crippen MR) is 53.7 cm³/mol. The lowest BCUT2D eigenvalue weighted by atomic mass is 10.3. The fraction of sp³-hybridized carbons (Fsp3) is 0.700. The average molecular weight is 179 g/mol. The minimum atomic E-state index is 0.889. The summed E-state index contributed by atoms with van der Waals surface area (Å²) in [5, 5.41) is 7.63. The highest BCUT2D eigenvalue weighted by Crippen LogP contribution is 2.37. The fourth-order valence-corrected chi connectivity index (χ4v) is 1.60. The summed E-state index contributed by atoms with van der Waals surface area (Å²) in [5.74, 6) is 1.81. The average Bonchev–Trinajstić information content (AvgIpc) is 2.72. The molecule has 1 heterocycles. The SMILES string of the molecule is Cc1c(NCC2CC2C)cnn1C.